The number of carbonyl (C=O) groups excluding carboxylic acids is 1. The van der Waals surface area contributed by atoms with Gasteiger partial charge in [-0.25, -0.2) is 19.2 Å². The standard InChI is InChI=1S/C13H11FN4O/c14-11-3-1-2-10(8-11)12-4-5-16-18(12)13(19)17-7-6-15-9-17/h1-3,5-9,12H,4H2/t12-/m1/s1. The smallest absolute Gasteiger partial charge is 0.257 e. The van der Waals surface area contributed by atoms with Crippen molar-refractivity contribution in [1.29, 1.82) is 0 Å². The van der Waals surface area contributed by atoms with Crippen LogP contribution in [0, 0.1) is 5.82 Å². The van der Waals surface area contributed by atoms with Gasteiger partial charge in [-0.3, -0.25) is 4.57 Å². The Kier molecular flexibility index (Phi) is 2.83. The van der Waals surface area contributed by atoms with Crippen molar-refractivity contribution in [2.75, 3.05) is 0 Å². The Balaban J connectivity index is 1.89. The van der Waals surface area contributed by atoms with Crippen LogP contribution in [0.15, 0.2) is 48.1 Å². The average Bonchev–Trinajstić information content (AvgIpc) is 3.09. The molecule has 0 radical (unpaired) electrons. The molecule has 1 amide bonds. The number of rotatable bonds is 1. The molecule has 3 rings (SSSR count). The molecule has 5 nitrogen and oxygen atoms in total. The maximum Gasteiger partial charge on any atom is 0.350 e. The van der Waals surface area contributed by atoms with E-state index in [0.29, 0.717) is 6.42 Å². The van der Waals surface area contributed by atoms with Crippen LogP contribution in [-0.2, 0) is 0 Å². The van der Waals surface area contributed by atoms with Crippen molar-refractivity contribution in [3.05, 3.63) is 54.4 Å². The van der Waals surface area contributed by atoms with Crippen LogP contribution in [0.25, 0.3) is 0 Å². The summed E-state index contributed by atoms with van der Waals surface area (Å²) in [4.78, 5) is 16.0. The average molecular weight is 258 g/mol. The first-order valence-corrected chi connectivity index (χ1v) is 5.85. The van der Waals surface area contributed by atoms with Gasteiger partial charge in [0.1, 0.15) is 12.1 Å². The number of imidazole rings is 1. The summed E-state index contributed by atoms with van der Waals surface area (Å²) in [5.41, 5.74) is 0.728. The Hall–Kier alpha value is -2.50. The van der Waals surface area contributed by atoms with E-state index in [1.807, 2.05) is 0 Å². The number of hydrogen-bond acceptors (Lipinski definition) is 3. The Bertz CT molecular complexity index is 623. The molecule has 19 heavy (non-hydrogen) atoms. The van der Waals surface area contributed by atoms with Crippen molar-refractivity contribution in [2.24, 2.45) is 5.10 Å². The maximum absolute atomic E-state index is 13.3. The molecule has 1 aliphatic rings. The minimum atomic E-state index is -0.320. The summed E-state index contributed by atoms with van der Waals surface area (Å²) in [7, 11) is 0. The Labute approximate surface area is 109 Å². The minimum Gasteiger partial charge on any atom is -0.257 e. The van der Waals surface area contributed by atoms with Gasteiger partial charge in [-0.1, -0.05) is 12.1 Å². The van der Waals surface area contributed by atoms with E-state index in [2.05, 4.69) is 10.1 Å². The normalized spacial score (nSPS) is 17.9. The van der Waals surface area contributed by atoms with Gasteiger partial charge in [0, 0.05) is 25.0 Å². The summed E-state index contributed by atoms with van der Waals surface area (Å²) in [6.45, 7) is 0. The molecule has 1 aliphatic heterocycles. The molecule has 0 saturated carbocycles. The Morgan fingerprint density at radius 2 is 2.32 bits per heavy atom. The van der Waals surface area contributed by atoms with Gasteiger partial charge in [0.05, 0.1) is 6.04 Å². The lowest BCUT2D eigenvalue weighted by molar-refractivity contribution is 0.187. The van der Waals surface area contributed by atoms with Gasteiger partial charge in [-0.15, -0.1) is 0 Å². The molecule has 0 bridgehead atoms. The fourth-order valence-electron chi connectivity index (χ4n) is 2.08. The summed E-state index contributed by atoms with van der Waals surface area (Å²) >= 11 is 0. The van der Waals surface area contributed by atoms with Crippen molar-refractivity contribution in [2.45, 2.75) is 12.5 Å². The van der Waals surface area contributed by atoms with Crippen LogP contribution in [0.4, 0.5) is 9.18 Å². The van der Waals surface area contributed by atoms with Gasteiger partial charge in [0.15, 0.2) is 0 Å². The van der Waals surface area contributed by atoms with E-state index in [1.54, 1.807) is 24.5 Å². The highest BCUT2D eigenvalue weighted by Crippen LogP contribution is 2.28. The van der Waals surface area contributed by atoms with Crippen LogP contribution >= 0.6 is 0 Å². The summed E-state index contributed by atoms with van der Waals surface area (Å²) < 4.78 is 14.6. The fourth-order valence-corrected chi connectivity index (χ4v) is 2.08. The quantitative estimate of drug-likeness (QED) is 0.788. The lowest BCUT2D eigenvalue weighted by atomic mass is 10.0. The van der Waals surface area contributed by atoms with E-state index in [1.165, 1.54) is 34.2 Å². The molecule has 1 atom stereocenters. The molecule has 1 aromatic carbocycles. The van der Waals surface area contributed by atoms with E-state index >= 15 is 0 Å². The molecule has 2 aromatic rings. The first kappa shape index (κ1) is 11.6. The van der Waals surface area contributed by atoms with Gasteiger partial charge in [0.25, 0.3) is 0 Å². The van der Waals surface area contributed by atoms with Crippen LogP contribution in [0.2, 0.25) is 0 Å². The fraction of sp³-hybridized carbons (Fsp3) is 0.154. The van der Waals surface area contributed by atoms with E-state index in [9.17, 15) is 9.18 Å². The summed E-state index contributed by atoms with van der Waals surface area (Å²) in [5.74, 6) is -0.320. The molecule has 1 aromatic heterocycles. The Morgan fingerprint density at radius 3 is 3.05 bits per heavy atom. The van der Waals surface area contributed by atoms with Gasteiger partial charge in [0.2, 0.25) is 0 Å². The molecule has 0 saturated heterocycles. The van der Waals surface area contributed by atoms with Crippen molar-refractivity contribution in [1.82, 2.24) is 14.6 Å². The molecule has 0 fully saturated rings. The zero-order valence-corrected chi connectivity index (χ0v) is 9.98. The van der Waals surface area contributed by atoms with Gasteiger partial charge < -0.3 is 0 Å². The maximum atomic E-state index is 13.3. The number of nitrogens with zero attached hydrogens (tertiary/aromatic N) is 4. The van der Waals surface area contributed by atoms with E-state index in [-0.39, 0.29) is 17.9 Å². The molecule has 0 N–H and O–H groups in total. The Morgan fingerprint density at radius 1 is 1.42 bits per heavy atom. The summed E-state index contributed by atoms with van der Waals surface area (Å²) in [6.07, 6.45) is 6.72. The van der Waals surface area contributed by atoms with E-state index < -0.39 is 0 Å². The van der Waals surface area contributed by atoms with Crippen molar-refractivity contribution < 1.29 is 9.18 Å². The summed E-state index contributed by atoms with van der Waals surface area (Å²) in [5, 5.41) is 5.41. The van der Waals surface area contributed by atoms with Crippen LogP contribution in [0.3, 0.4) is 0 Å². The first-order valence-electron chi connectivity index (χ1n) is 5.85. The molecule has 0 spiro atoms. The lowest BCUT2D eigenvalue weighted by Crippen LogP contribution is -2.30. The second-order valence-corrected chi connectivity index (χ2v) is 4.20. The third-order valence-corrected chi connectivity index (χ3v) is 2.98. The zero-order valence-electron chi connectivity index (χ0n) is 9.98. The van der Waals surface area contributed by atoms with E-state index in [0.717, 1.165) is 5.56 Å². The SMILES string of the molecule is O=C(N1N=CC[C@@H]1c1cccc(F)c1)n1ccnc1. The second kappa shape index (κ2) is 4.64. The molecular formula is C13H11FN4O. The number of benzene rings is 1. The second-order valence-electron chi connectivity index (χ2n) is 4.20. The van der Waals surface area contributed by atoms with Crippen LogP contribution in [-0.4, -0.2) is 26.8 Å². The van der Waals surface area contributed by atoms with Crippen molar-refractivity contribution >= 4 is 12.2 Å². The van der Waals surface area contributed by atoms with Crippen LogP contribution < -0.4 is 0 Å². The highest BCUT2D eigenvalue weighted by molar-refractivity contribution is 5.80. The van der Waals surface area contributed by atoms with Crippen molar-refractivity contribution in [3.63, 3.8) is 0 Å². The van der Waals surface area contributed by atoms with Gasteiger partial charge >= 0.3 is 6.03 Å². The van der Waals surface area contributed by atoms with Crippen molar-refractivity contribution in [3.8, 4) is 0 Å². The van der Waals surface area contributed by atoms with Crippen LogP contribution in [0.5, 0.6) is 0 Å². The van der Waals surface area contributed by atoms with Gasteiger partial charge in [-0.2, -0.15) is 5.10 Å². The minimum absolute atomic E-state index is 0.273. The van der Waals surface area contributed by atoms with E-state index in [4.69, 9.17) is 0 Å². The monoisotopic (exact) mass is 258 g/mol. The first-order chi connectivity index (χ1) is 9.25. The van der Waals surface area contributed by atoms with Crippen LogP contribution in [0.1, 0.15) is 18.0 Å². The number of halogens is 1. The molecule has 0 unspecified atom stereocenters. The summed E-state index contributed by atoms with van der Waals surface area (Å²) in [6, 6.07) is 5.64. The highest BCUT2D eigenvalue weighted by atomic mass is 19.1. The molecule has 0 aliphatic carbocycles. The molecule has 6 heteroatoms. The molecular weight excluding hydrogens is 247 g/mol. The topological polar surface area (TPSA) is 50.5 Å². The number of aromatic nitrogens is 2. The predicted molar refractivity (Wildman–Crippen MR) is 67.1 cm³/mol. The number of hydrogen-bond donors (Lipinski definition) is 0. The lowest BCUT2D eigenvalue weighted by Gasteiger charge is -2.22. The third-order valence-electron chi connectivity index (χ3n) is 2.98. The van der Waals surface area contributed by atoms with Gasteiger partial charge in [-0.05, 0) is 17.7 Å². The predicted octanol–water partition coefficient (Wildman–Crippen LogP) is 2.42. The number of hydrazone groups is 1. The highest BCUT2D eigenvalue weighted by Gasteiger charge is 2.29. The molecule has 96 valence electrons. The zero-order chi connectivity index (χ0) is 13.2. The third kappa shape index (κ3) is 2.12. The number of amides is 1. The largest absolute Gasteiger partial charge is 0.350 e. The number of carbonyl (C=O) groups is 1. The molecule has 2 heterocycles.